The zero-order chi connectivity index (χ0) is 10.1. The first-order chi connectivity index (χ1) is 6.66. The van der Waals surface area contributed by atoms with Crippen LogP contribution in [0.2, 0.25) is 0 Å². The van der Waals surface area contributed by atoms with Crippen molar-refractivity contribution in [2.24, 2.45) is 5.73 Å². The first kappa shape index (κ1) is 10.4. The van der Waals surface area contributed by atoms with Gasteiger partial charge in [-0.1, -0.05) is 0 Å². The minimum atomic E-state index is 0.365. The van der Waals surface area contributed by atoms with Crippen molar-refractivity contribution in [3.8, 4) is 0 Å². The number of rotatable bonds is 1. The SMILES string of the molecule is CC1CC(N)CCN1c1nc(Br)cs1. The summed E-state index contributed by atoms with van der Waals surface area (Å²) in [6.07, 6.45) is 2.14. The van der Waals surface area contributed by atoms with Crippen molar-refractivity contribution in [2.75, 3.05) is 11.4 Å². The molecule has 0 spiro atoms. The predicted molar refractivity (Wildman–Crippen MR) is 63.8 cm³/mol. The fourth-order valence-electron chi connectivity index (χ4n) is 1.87. The predicted octanol–water partition coefficient (Wildman–Crippen LogP) is 2.22. The smallest absolute Gasteiger partial charge is 0.186 e. The second kappa shape index (κ2) is 4.16. The average Bonchev–Trinajstić information content (AvgIpc) is 2.51. The van der Waals surface area contributed by atoms with Crippen LogP contribution in [0, 0.1) is 0 Å². The van der Waals surface area contributed by atoms with Gasteiger partial charge >= 0.3 is 0 Å². The Hall–Kier alpha value is -0.130. The molecule has 5 heteroatoms. The normalized spacial score (nSPS) is 28.1. The van der Waals surface area contributed by atoms with E-state index in [9.17, 15) is 0 Å². The van der Waals surface area contributed by atoms with Crippen LogP contribution in [0.4, 0.5) is 5.13 Å². The molecule has 2 unspecified atom stereocenters. The van der Waals surface area contributed by atoms with Gasteiger partial charge in [0.05, 0.1) is 0 Å². The van der Waals surface area contributed by atoms with Gasteiger partial charge in [0.25, 0.3) is 0 Å². The van der Waals surface area contributed by atoms with Crippen LogP contribution >= 0.6 is 27.3 Å². The maximum atomic E-state index is 5.92. The van der Waals surface area contributed by atoms with E-state index in [1.165, 1.54) is 0 Å². The van der Waals surface area contributed by atoms with Crippen molar-refractivity contribution in [1.82, 2.24) is 4.98 Å². The van der Waals surface area contributed by atoms with Gasteiger partial charge in [-0.2, -0.15) is 0 Å². The number of nitrogens with two attached hydrogens (primary N) is 1. The summed E-state index contributed by atoms with van der Waals surface area (Å²) in [5.41, 5.74) is 5.92. The summed E-state index contributed by atoms with van der Waals surface area (Å²) in [4.78, 5) is 6.78. The molecule has 1 aliphatic rings. The Morgan fingerprint density at radius 2 is 2.50 bits per heavy atom. The molecule has 0 aliphatic carbocycles. The van der Waals surface area contributed by atoms with Crippen molar-refractivity contribution in [3.63, 3.8) is 0 Å². The van der Waals surface area contributed by atoms with E-state index in [1.54, 1.807) is 11.3 Å². The Morgan fingerprint density at radius 1 is 1.71 bits per heavy atom. The monoisotopic (exact) mass is 275 g/mol. The van der Waals surface area contributed by atoms with E-state index in [-0.39, 0.29) is 0 Å². The number of aromatic nitrogens is 1. The quantitative estimate of drug-likeness (QED) is 0.855. The number of thiazole rings is 1. The van der Waals surface area contributed by atoms with Crippen LogP contribution in [0.1, 0.15) is 19.8 Å². The van der Waals surface area contributed by atoms with Crippen LogP contribution in [0.5, 0.6) is 0 Å². The maximum absolute atomic E-state index is 5.92. The van der Waals surface area contributed by atoms with Gasteiger partial charge in [-0.15, -0.1) is 11.3 Å². The van der Waals surface area contributed by atoms with E-state index in [0.717, 1.165) is 29.1 Å². The van der Waals surface area contributed by atoms with Gasteiger partial charge in [-0.3, -0.25) is 0 Å². The molecule has 0 bridgehead atoms. The average molecular weight is 276 g/mol. The highest BCUT2D eigenvalue weighted by Gasteiger charge is 2.24. The molecular weight excluding hydrogens is 262 g/mol. The van der Waals surface area contributed by atoms with Gasteiger partial charge in [0.15, 0.2) is 5.13 Å². The lowest BCUT2D eigenvalue weighted by Gasteiger charge is -2.36. The molecule has 2 rings (SSSR count). The summed E-state index contributed by atoms with van der Waals surface area (Å²) in [7, 11) is 0. The van der Waals surface area contributed by atoms with Crippen LogP contribution in [0.15, 0.2) is 9.98 Å². The third-order valence-electron chi connectivity index (χ3n) is 2.63. The van der Waals surface area contributed by atoms with Gasteiger partial charge in [0.2, 0.25) is 0 Å². The maximum Gasteiger partial charge on any atom is 0.186 e. The molecule has 3 nitrogen and oxygen atoms in total. The van der Waals surface area contributed by atoms with Crippen LogP contribution in [-0.4, -0.2) is 23.6 Å². The summed E-state index contributed by atoms with van der Waals surface area (Å²) in [6, 6.07) is 0.876. The number of anilines is 1. The van der Waals surface area contributed by atoms with Gasteiger partial charge in [-0.05, 0) is 35.7 Å². The van der Waals surface area contributed by atoms with Crippen LogP contribution < -0.4 is 10.6 Å². The highest BCUT2D eigenvalue weighted by Crippen LogP contribution is 2.28. The van der Waals surface area contributed by atoms with Crippen molar-refractivity contribution >= 4 is 32.4 Å². The topological polar surface area (TPSA) is 42.1 Å². The molecule has 1 aliphatic heterocycles. The number of hydrogen-bond acceptors (Lipinski definition) is 4. The third kappa shape index (κ3) is 2.10. The molecule has 0 amide bonds. The molecule has 1 saturated heterocycles. The number of hydrogen-bond donors (Lipinski definition) is 1. The van der Waals surface area contributed by atoms with Crippen molar-refractivity contribution in [2.45, 2.75) is 31.8 Å². The Kier molecular flexibility index (Phi) is 3.09. The number of halogens is 1. The summed E-state index contributed by atoms with van der Waals surface area (Å²) < 4.78 is 0.930. The first-order valence-corrected chi connectivity index (χ1v) is 6.47. The zero-order valence-electron chi connectivity index (χ0n) is 8.11. The van der Waals surface area contributed by atoms with E-state index in [0.29, 0.717) is 12.1 Å². The lowest BCUT2D eigenvalue weighted by Crippen LogP contribution is -2.45. The molecular formula is C9H14BrN3S. The molecule has 2 heterocycles. The molecule has 1 fully saturated rings. The molecule has 14 heavy (non-hydrogen) atoms. The highest BCUT2D eigenvalue weighted by atomic mass is 79.9. The largest absolute Gasteiger partial charge is 0.345 e. The van der Waals surface area contributed by atoms with Crippen molar-refractivity contribution < 1.29 is 0 Å². The minimum absolute atomic E-state index is 0.365. The fraction of sp³-hybridized carbons (Fsp3) is 0.667. The second-order valence-electron chi connectivity index (χ2n) is 3.78. The van der Waals surface area contributed by atoms with E-state index in [1.807, 2.05) is 5.38 Å². The summed E-state index contributed by atoms with van der Waals surface area (Å²) in [5.74, 6) is 0. The van der Waals surface area contributed by atoms with Crippen molar-refractivity contribution in [1.29, 1.82) is 0 Å². The molecule has 0 radical (unpaired) electrons. The Balaban J connectivity index is 2.11. The van der Waals surface area contributed by atoms with E-state index in [4.69, 9.17) is 5.73 Å². The molecule has 1 aromatic rings. The summed E-state index contributed by atoms with van der Waals surface area (Å²) >= 11 is 5.07. The molecule has 0 aromatic carbocycles. The molecule has 78 valence electrons. The zero-order valence-corrected chi connectivity index (χ0v) is 10.5. The van der Waals surface area contributed by atoms with Crippen LogP contribution in [0.25, 0.3) is 0 Å². The minimum Gasteiger partial charge on any atom is -0.345 e. The van der Waals surface area contributed by atoms with Gasteiger partial charge in [-0.25, -0.2) is 4.98 Å². The Morgan fingerprint density at radius 3 is 3.07 bits per heavy atom. The van der Waals surface area contributed by atoms with E-state index in [2.05, 4.69) is 32.7 Å². The molecule has 0 saturated carbocycles. The van der Waals surface area contributed by atoms with E-state index < -0.39 is 0 Å². The van der Waals surface area contributed by atoms with E-state index >= 15 is 0 Å². The molecule has 2 atom stereocenters. The Labute approximate surface area is 96.4 Å². The van der Waals surface area contributed by atoms with Crippen LogP contribution in [0.3, 0.4) is 0 Å². The van der Waals surface area contributed by atoms with Gasteiger partial charge in [0, 0.05) is 24.0 Å². The highest BCUT2D eigenvalue weighted by molar-refractivity contribution is 9.10. The Bertz CT molecular complexity index is 315. The first-order valence-electron chi connectivity index (χ1n) is 4.80. The summed E-state index contributed by atoms with van der Waals surface area (Å²) in [6.45, 7) is 3.25. The number of nitrogens with zero attached hydrogens (tertiary/aromatic N) is 2. The fourth-order valence-corrected chi connectivity index (χ4v) is 3.25. The number of piperidine rings is 1. The molecule has 1 aromatic heterocycles. The lowest BCUT2D eigenvalue weighted by molar-refractivity contribution is 0.429. The van der Waals surface area contributed by atoms with Crippen molar-refractivity contribution in [3.05, 3.63) is 9.98 Å². The van der Waals surface area contributed by atoms with Gasteiger partial charge in [0.1, 0.15) is 4.60 Å². The lowest BCUT2D eigenvalue weighted by atomic mass is 10.00. The third-order valence-corrected chi connectivity index (χ3v) is 4.21. The molecule has 2 N–H and O–H groups in total. The summed E-state index contributed by atoms with van der Waals surface area (Å²) in [5, 5.41) is 3.13. The standard InChI is InChI=1S/C9H14BrN3S/c1-6-4-7(11)2-3-13(6)9-12-8(10)5-14-9/h5-7H,2-4,11H2,1H3. The van der Waals surface area contributed by atoms with Crippen LogP contribution in [-0.2, 0) is 0 Å². The van der Waals surface area contributed by atoms with Gasteiger partial charge < -0.3 is 10.6 Å². The second-order valence-corrected chi connectivity index (χ2v) is 5.43.